The van der Waals surface area contributed by atoms with Crippen molar-refractivity contribution in [2.24, 2.45) is 0 Å². The molecular formula is C14H20N2O2. The summed E-state index contributed by atoms with van der Waals surface area (Å²) < 4.78 is 0. The van der Waals surface area contributed by atoms with Crippen LogP contribution in [-0.4, -0.2) is 46.3 Å². The molecule has 0 aromatic rings. The van der Waals surface area contributed by atoms with Crippen molar-refractivity contribution in [2.75, 3.05) is 6.54 Å². The summed E-state index contributed by atoms with van der Waals surface area (Å²) in [5, 5.41) is 0. The second kappa shape index (κ2) is 4.41. The van der Waals surface area contributed by atoms with E-state index in [9.17, 15) is 9.59 Å². The van der Waals surface area contributed by atoms with Gasteiger partial charge in [0.2, 0.25) is 11.8 Å². The SMILES string of the molecule is CC1C(=O)N2CCCC2C(=O)N1C1CC=CCC1. The Bertz CT molecular complexity index is 405. The van der Waals surface area contributed by atoms with Crippen LogP contribution in [0.3, 0.4) is 0 Å². The summed E-state index contributed by atoms with van der Waals surface area (Å²) >= 11 is 0. The highest BCUT2D eigenvalue weighted by atomic mass is 16.2. The van der Waals surface area contributed by atoms with Gasteiger partial charge in [-0.25, -0.2) is 0 Å². The third-order valence-corrected chi connectivity index (χ3v) is 4.48. The molecule has 3 rings (SSSR count). The lowest BCUT2D eigenvalue weighted by atomic mass is 9.95. The van der Waals surface area contributed by atoms with Gasteiger partial charge >= 0.3 is 0 Å². The zero-order chi connectivity index (χ0) is 12.7. The molecule has 3 unspecified atom stereocenters. The highest BCUT2D eigenvalue weighted by Crippen LogP contribution is 2.30. The predicted molar refractivity (Wildman–Crippen MR) is 67.8 cm³/mol. The van der Waals surface area contributed by atoms with Crippen LogP contribution in [0.1, 0.15) is 39.0 Å². The molecule has 3 aliphatic rings. The zero-order valence-corrected chi connectivity index (χ0v) is 10.8. The quantitative estimate of drug-likeness (QED) is 0.657. The molecule has 0 aromatic carbocycles. The molecule has 0 saturated carbocycles. The Morgan fingerprint density at radius 2 is 2.00 bits per heavy atom. The van der Waals surface area contributed by atoms with Gasteiger partial charge in [-0.3, -0.25) is 9.59 Å². The van der Waals surface area contributed by atoms with E-state index in [1.165, 1.54) is 0 Å². The summed E-state index contributed by atoms with van der Waals surface area (Å²) in [4.78, 5) is 28.6. The Kier molecular flexibility index (Phi) is 2.88. The minimum atomic E-state index is -0.275. The van der Waals surface area contributed by atoms with E-state index in [-0.39, 0.29) is 29.9 Å². The van der Waals surface area contributed by atoms with Gasteiger partial charge in [-0.05, 0) is 39.0 Å². The van der Waals surface area contributed by atoms with Gasteiger partial charge in [-0.2, -0.15) is 0 Å². The van der Waals surface area contributed by atoms with E-state index >= 15 is 0 Å². The molecule has 2 heterocycles. The highest BCUT2D eigenvalue weighted by Gasteiger charge is 2.47. The number of fused-ring (bicyclic) bond motifs is 1. The van der Waals surface area contributed by atoms with E-state index in [2.05, 4.69) is 12.2 Å². The van der Waals surface area contributed by atoms with Crippen LogP contribution in [0.2, 0.25) is 0 Å². The highest BCUT2D eigenvalue weighted by molar-refractivity contribution is 5.97. The number of rotatable bonds is 1. The summed E-state index contributed by atoms with van der Waals surface area (Å²) in [6.45, 7) is 2.64. The number of carbonyl (C=O) groups is 2. The predicted octanol–water partition coefficient (Wildman–Crippen LogP) is 1.32. The molecule has 0 radical (unpaired) electrons. The molecule has 0 N–H and O–H groups in total. The van der Waals surface area contributed by atoms with Gasteiger partial charge in [-0.15, -0.1) is 0 Å². The first-order valence-electron chi connectivity index (χ1n) is 6.98. The van der Waals surface area contributed by atoms with Crippen LogP contribution in [0.25, 0.3) is 0 Å². The first-order valence-corrected chi connectivity index (χ1v) is 6.98. The average molecular weight is 248 g/mol. The van der Waals surface area contributed by atoms with Crippen molar-refractivity contribution in [1.29, 1.82) is 0 Å². The first kappa shape index (κ1) is 11.8. The standard InChI is InChI=1S/C14H20N2O2/c1-10-13(17)15-9-5-8-12(15)14(18)16(10)11-6-3-2-4-7-11/h2-3,10-12H,4-9H2,1H3. The van der Waals surface area contributed by atoms with Gasteiger partial charge in [0.15, 0.2) is 0 Å². The summed E-state index contributed by atoms with van der Waals surface area (Å²) in [7, 11) is 0. The maximum Gasteiger partial charge on any atom is 0.246 e. The Hall–Kier alpha value is -1.32. The summed E-state index contributed by atoms with van der Waals surface area (Å²) in [5.74, 6) is 0.326. The van der Waals surface area contributed by atoms with Crippen LogP contribution < -0.4 is 0 Å². The van der Waals surface area contributed by atoms with Crippen molar-refractivity contribution in [3.05, 3.63) is 12.2 Å². The molecule has 98 valence electrons. The van der Waals surface area contributed by atoms with Gasteiger partial charge in [-0.1, -0.05) is 12.2 Å². The van der Waals surface area contributed by atoms with Crippen molar-refractivity contribution in [3.63, 3.8) is 0 Å². The van der Waals surface area contributed by atoms with Crippen LogP contribution in [0.5, 0.6) is 0 Å². The minimum Gasteiger partial charge on any atom is -0.329 e. The van der Waals surface area contributed by atoms with Crippen molar-refractivity contribution < 1.29 is 9.59 Å². The molecule has 1 aliphatic carbocycles. The summed E-state index contributed by atoms with van der Waals surface area (Å²) in [5.41, 5.74) is 0. The number of allylic oxidation sites excluding steroid dienone is 1. The van der Waals surface area contributed by atoms with E-state index in [0.29, 0.717) is 0 Å². The Labute approximate surface area is 108 Å². The van der Waals surface area contributed by atoms with Crippen LogP contribution in [0, 0.1) is 0 Å². The fourth-order valence-corrected chi connectivity index (χ4v) is 3.54. The second-order valence-corrected chi connectivity index (χ2v) is 5.55. The number of hydrogen-bond donors (Lipinski definition) is 0. The lowest BCUT2D eigenvalue weighted by molar-refractivity contribution is -0.161. The van der Waals surface area contributed by atoms with Crippen molar-refractivity contribution in [1.82, 2.24) is 9.80 Å². The maximum absolute atomic E-state index is 12.6. The first-order chi connectivity index (χ1) is 8.70. The fraction of sp³-hybridized carbons (Fsp3) is 0.714. The molecular weight excluding hydrogens is 228 g/mol. The van der Waals surface area contributed by atoms with E-state index < -0.39 is 0 Å². The minimum absolute atomic E-state index is 0.145. The Morgan fingerprint density at radius 3 is 2.72 bits per heavy atom. The van der Waals surface area contributed by atoms with Gasteiger partial charge in [0.25, 0.3) is 0 Å². The molecule has 2 fully saturated rings. The molecule has 3 atom stereocenters. The number of nitrogens with zero attached hydrogens (tertiary/aromatic N) is 2. The second-order valence-electron chi connectivity index (χ2n) is 5.55. The van der Waals surface area contributed by atoms with Crippen molar-refractivity contribution in [2.45, 2.75) is 57.2 Å². The molecule has 0 spiro atoms. The van der Waals surface area contributed by atoms with E-state index in [4.69, 9.17) is 0 Å². The topological polar surface area (TPSA) is 40.6 Å². The Balaban J connectivity index is 1.86. The van der Waals surface area contributed by atoms with Crippen LogP contribution >= 0.6 is 0 Å². The van der Waals surface area contributed by atoms with Crippen LogP contribution in [0.4, 0.5) is 0 Å². The zero-order valence-electron chi connectivity index (χ0n) is 10.8. The average Bonchev–Trinajstić information content (AvgIpc) is 2.87. The van der Waals surface area contributed by atoms with Gasteiger partial charge in [0, 0.05) is 12.6 Å². The fourth-order valence-electron chi connectivity index (χ4n) is 3.54. The number of carbonyl (C=O) groups excluding carboxylic acids is 2. The summed E-state index contributed by atoms with van der Waals surface area (Å²) in [6.07, 6.45) is 9.02. The van der Waals surface area contributed by atoms with Gasteiger partial charge in [0.1, 0.15) is 12.1 Å². The normalized spacial score (nSPS) is 36.2. The molecule has 18 heavy (non-hydrogen) atoms. The largest absolute Gasteiger partial charge is 0.329 e. The lowest BCUT2D eigenvalue weighted by Crippen LogP contribution is -2.64. The van der Waals surface area contributed by atoms with Gasteiger partial charge < -0.3 is 9.80 Å². The summed E-state index contributed by atoms with van der Waals surface area (Å²) in [6, 6.07) is -0.216. The van der Waals surface area contributed by atoms with Crippen LogP contribution in [0.15, 0.2) is 12.2 Å². The molecule has 2 amide bonds. The Morgan fingerprint density at radius 1 is 1.17 bits per heavy atom. The van der Waals surface area contributed by atoms with Crippen molar-refractivity contribution >= 4 is 11.8 Å². The number of piperazine rings is 1. The van der Waals surface area contributed by atoms with Gasteiger partial charge in [0.05, 0.1) is 0 Å². The van der Waals surface area contributed by atoms with E-state index in [1.54, 1.807) is 4.90 Å². The van der Waals surface area contributed by atoms with Crippen molar-refractivity contribution in [3.8, 4) is 0 Å². The van der Waals surface area contributed by atoms with E-state index in [1.807, 2.05) is 11.8 Å². The molecule has 0 bridgehead atoms. The lowest BCUT2D eigenvalue weighted by Gasteiger charge is -2.45. The molecule has 2 aliphatic heterocycles. The molecule has 2 saturated heterocycles. The third-order valence-electron chi connectivity index (χ3n) is 4.48. The number of amides is 2. The number of hydrogen-bond acceptors (Lipinski definition) is 2. The molecule has 4 heteroatoms. The van der Waals surface area contributed by atoms with E-state index in [0.717, 1.165) is 38.6 Å². The molecule has 0 aromatic heterocycles. The maximum atomic E-state index is 12.6. The monoisotopic (exact) mass is 248 g/mol. The molecule has 4 nitrogen and oxygen atoms in total. The smallest absolute Gasteiger partial charge is 0.246 e. The third kappa shape index (κ3) is 1.66. The van der Waals surface area contributed by atoms with Crippen LogP contribution in [-0.2, 0) is 9.59 Å².